The van der Waals surface area contributed by atoms with Gasteiger partial charge in [0.2, 0.25) is 0 Å². The molecular weight excluding hydrogens is 203 g/mol. The van der Waals surface area contributed by atoms with Crippen LogP contribution in [0.2, 0.25) is 10.0 Å². The number of hydrogen-bond acceptors (Lipinski definition) is 2. The molecule has 0 spiro atoms. The van der Waals surface area contributed by atoms with Gasteiger partial charge in [-0.15, -0.1) is 0 Å². The van der Waals surface area contributed by atoms with Crippen molar-refractivity contribution in [2.45, 2.75) is 0 Å². The third-order valence-electron chi connectivity index (χ3n) is 1.10. The number of nitrogens with zero attached hydrogens (tertiary/aromatic N) is 1. The van der Waals surface area contributed by atoms with E-state index >= 15 is 0 Å². The van der Waals surface area contributed by atoms with Gasteiger partial charge in [0.25, 0.3) is 0 Å². The van der Waals surface area contributed by atoms with Crippen LogP contribution in [0.3, 0.4) is 0 Å². The Bertz CT molecular complexity index is 280. The predicted octanol–water partition coefficient (Wildman–Crippen LogP) is 2.02. The first kappa shape index (κ1) is 8.71. The Hall–Kier alpha value is -0.380. The van der Waals surface area contributed by atoms with Gasteiger partial charge < -0.3 is 5.73 Å². The lowest BCUT2D eigenvalue weighted by Gasteiger charge is -2.01. The van der Waals surface area contributed by atoms with Crippen molar-refractivity contribution >= 4 is 40.4 Å². The molecule has 1 rings (SSSR count). The number of thiocarbonyl (C=S) groups is 1. The largest absolute Gasteiger partial charge is 0.389 e. The Morgan fingerprint density at radius 1 is 1.36 bits per heavy atom. The molecule has 2 nitrogen and oxygen atoms in total. The van der Waals surface area contributed by atoms with Crippen LogP contribution in [0.5, 0.6) is 0 Å². The smallest absolute Gasteiger partial charge is 0.107 e. The van der Waals surface area contributed by atoms with E-state index in [0.717, 1.165) is 0 Å². The standard InChI is InChI=1S/C6H4Cl2N2S/c7-3-1-10-2-4(8)5(3)6(9)11/h1-2H,(H2,9,11). The van der Waals surface area contributed by atoms with Crippen LogP contribution >= 0.6 is 35.4 Å². The molecule has 5 heteroatoms. The van der Waals surface area contributed by atoms with Crippen molar-refractivity contribution < 1.29 is 0 Å². The van der Waals surface area contributed by atoms with Crippen LogP contribution in [0.1, 0.15) is 5.56 Å². The molecule has 0 atom stereocenters. The highest BCUT2D eigenvalue weighted by molar-refractivity contribution is 7.80. The minimum Gasteiger partial charge on any atom is -0.389 e. The molecule has 0 radical (unpaired) electrons. The molecule has 0 saturated carbocycles. The molecule has 0 aromatic carbocycles. The normalized spacial score (nSPS) is 9.64. The van der Waals surface area contributed by atoms with Crippen LogP contribution in [0, 0.1) is 0 Å². The van der Waals surface area contributed by atoms with Gasteiger partial charge in [0.05, 0.1) is 10.0 Å². The third kappa shape index (κ3) is 1.80. The minimum atomic E-state index is 0.183. The summed E-state index contributed by atoms with van der Waals surface area (Å²) < 4.78 is 0. The fourth-order valence-corrected chi connectivity index (χ4v) is 1.55. The van der Waals surface area contributed by atoms with Crippen molar-refractivity contribution in [3.05, 3.63) is 28.0 Å². The monoisotopic (exact) mass is 206 g/mol. The molecule has 1 heterocycles. The van der Waals surface area contributed by atoms with Crippen LogP contribution in [-0.2, 0) is 0 Å². The van der Waals surface area contributed by atoms with E-state index < -0.39 is 0 Å². The van der Waals surface area contributed by atoms with E-state index in [4.69, 9.17) is 41.2 Å². The van der Waals surface area contributed by atoms with E-state index in [-0.39, 0.29) is 4.99 Å². The number of rotatable bonds is 1. The molecule has 58 valence electrons. The van der Waals surface area contributed by atoms with Gasteiger partial charge in [-0.2, -0.15) is 0 Å². The van der Waals surface area contributed by atoms with Crippen molar-refractivity contribution in [1.29, 1.82) is 0 Å². The molecule has 1 aromatic heterocycles. The van der Waals surface area contributed by atoms with Crippen LogP contribution in [0.4, 0.5) is 0 Å². The fraction of sp³-hybridized carbons (Fsp3) is 0. The molecule has 0 saturated heterocycles. The quantitative estimate of drug-likeness (QED) is 0.716. The Morgan fingerprint density at radius 2 is 1.82 bits per heavy atom. The summed E-state index contributed by atoms with van der Waals surface area (Å²) in [4.78, 5) is 3.93. The van der Waals surface area contributed by atoms with Gasteiger partial charge in [-0.3, -0.25) is 4.98 Å². The Kier molecular flexibility index (Phi) is 2.65. The second kappa shape index (κ2) is 3.34. The first-order chi connectivity index (χ1) is 5.13. The summed E-state index contributed by atoms with van der Waals surface area (Å²) in [6.45, 7) is 0. The van der Waals surface area contributed by atoms with E-state index in [1.54, 1.807) is 0 Å². The molecule has 2 N–H and O–H groups in total. The highest BCUT2D eigenvalue weighted by atomic mass is 35.5. The molecule has 0 bridgehead atoms. The number of pyridine rings is 1. The second-order valence-electron chi connectivity index (χ2n) is 1.84. The summed E-state index contributed by atoms with van der Waals surface area (Å²) >= 11 is 16.1. The van der Waals surface area contributed by atoms with Crippen molar-refractivity contribution in [2.24, 2.45) is 5.73 Å². The lowest BCUT2D eigenvalue weighted by Crippen LogP contribution is -2.10. The van der Waals surface area contributed by atoms with Gasteiger partial charge in [-0.05, 0) is 0 Å². The lowest BCUT2D eigenvalue weighted by atomic mass is 10.3. The van der Waals surface area contributed by atoms with Crippen molar-refractivity contribution in [1.82, 2.24) is 4.98 Å². The molecular formula is C6H4Cl2N2S. The van der Waals surface area contributed by atoms with E-state index in [9.17, 15) is 0 Å². The fourth-order valence-electron chi connectivity index (χ4n) is 0.647. The average Bonchev–Trinajstić information content (AvgIpc) is 1.85. The van der Waals surface area contributed by atoms with Gasteiger partial charge in [0.1, 0.15) is 4.99 Å². The predicted molar refractivity (Wildman–Crippen MR) is 50.1 cm³/mol. The second-order valence-corrected chi connectivity index (χ2v) is 3.10. The van der Waals surface area contributed by atoms with Gasteiger partial charge >= 0.3 is 0 Å². The lowest BCUT2D eigenvalue weighted by molar-refractivity contribution is 1.32. The maximum atomic E-state index is 5.71. The van der Waals surface area contributed by atoms with Gasteiger partial charge in [-0.1, -0.05) is 35.4 Å². The summed E-state index contributed by atoms with van der Waals surface area (Å²) in [5.41, 5.74) is 5.83. The first-order valence-corrected chi connectivity index (χ1v) is 3.88. The highest BCUT2D eigenvalue weighted by Crippen LogP contribution is 2.21. The van der Waals surface area contributed by atoms with Crippen LogP contribution in [0.15, 0.2) is 12.4 Å². The molecule has 0 unspecified atom stereocenters. The number of nitrogens with two attached hydrogens (primary N) is 1. The van der Waals surface area contributed by atoms with Gasteiger partial charge in [0.15, 0.2) is 0 Å². The van der Waals surface area contributed by atoms with E-state index in [1.165, 1.54) is 12.4 Å². The molecule has 0 aliphatic rings. The Morgan fingerprint density at radius 3 is 2.09 bits per heavy atom. The average molecular weight is 207 g/mol. The molecule has 1 aromatic rings. The van der Waals surface area contributed by atoms with Crippen molar-refractivity contribution in [2.75, 3.05) is 0 Å². The maximum absolute atomic E-state index is 5.71. The van der Waals surface area contributed by atoms with E-state index in [0.29, 0.717) is 15.6 Å². The van der Waals surface area contributed by atoms with Gasteiger partial charge in [-0.25, -0.2) is 0 Å². The van der Waals surface area contributed by atoms with Crippen molar-refractivity contribution in [3.8, 4) is 0 Å². The van der Waals surface area contributed by atoms with Crippen molar-refractivity contribution in [3.63, 3.8) is 0 Å². The van der Waals surface area contributed by atoms with E-state index in [1.807, 2.05) is 0 Å². The Labute approximate surface area is 79.3 Å². The zero-order valence-electron chi connectivity index (χ0n) is 5.34. The number of hydrogen-bond donors (Lipinski definition) is 1. The zero-order valence-corrected chi connectivity index (χ0v) is 7.67. The molecule has 0 aliphatic heterocycles. The summed E-state index contributed by atoms with van der Waals surface area (Å²) in [7, 11) is 0. The molecule has 0 fully saturated rings. The number of aromatic nitrogens is 1. The molecule has 11 heavy (non-hydrogen) atoms. The third-order valence-corrected chi connectivity index (χ3v) is 1.88. The summed E-state index contributed by atoms with van der Waals surface area (Å²) in [5, 5.41) is 0.759. The Balaban J connectivity index is 3.32. The van der Waals surface area contributed by atoms with Crippen LogP contribution in [0.25, 0.3) is 0 Å². The SMILES string of the molecule is NC(=S)c1c(Cl)cncc1Cl. The van der Waals surface area contributed by atoms with Crippen LogP contribution < -0.4 is 5.73 Å². The van der Waals surface area contributed by atoms with Crippen LogP contribution in [-0.4, -0.2) is 9.97 Å². The zero-order chi connectivity index (χ0) is 8.43. The first-order valence-electron chi connectivity index (χ1n) is 2.71. The molecule has 0 aliphatic carbocycles. The summed E-state index contributed by atoms with van der Waals surface area (Å²) in [6, 6.07) is 0. The molecule has 0 amide bonds. The number of halogens is 2. The highest BCUT2D eigenvalue weighted by Gasteiger charge is 2.07. The topological polar surface area (TPSA) is 38.9 Å². The summed E-state index contributed by atoms with van der Waals surface area (Å²) in [5.74, 6) is 0. The minimum absolute atomic E-state index is 0.183. The van der Waals surface area contributed by atoms with Gasteiger partial charge in [0, 0.05) is 18.0 Å². The van der Waals surface area contributed by atoms with E-state index in [2.05, 4.69) is 4.98 Å². The maximum Gasteiger partial charge on any atom is 0.107 e. The summed E-state index contributed by atoms with van der Waals surface area (Å²) in [6.07, 6.45) is 2.89.